The summed E-state index contributed by atoms with van der Waals surface area (Å²) in [6.07, 6.45) is 1.13. The van der Waals surface area contributed by atoms with Crippen LogP contribution in [0.25, 0.3) is 0 Å². The number of hydrogen-bond acceptors (Lipinski definition) is 6. The molecular weight excluding hydrogens is 340 g/mol. The summed E-state index contributed by atoms with van der Waals surface area (Å²) in [5.74, 6) is -2.41. The molecule has 10 heteroatoms. The van der Waals surface area contributed by atoms with Crippen LogP contribution in [0, 0.1) is 5.41 Å². The minimum absolute atomic E-state index is 0.0101. The molecule has 0 aromatic carbocycles. The topological polar surface area (TPSA) is 130 Å². The second-order valence-corrected chi connectivity index (χ2v) is 8.04. The van der Waals surface area contributed by atoms with Crippen molar-refractivity contribution in [2.24, 2.45) is 5.41 Å². The maximum absolute atomic E-state index is 12.7. The first-order valence-corrected chi connectivity index (χ1v) is 9.17. The number of carbonyl (C=O) groups excluding carboxylic acids is 2. The summed E-state index contributed by atoms with van der Waals surface area (Å²) >= 11 is 0. The molecule has 1 atom stereocenters. The Bertz CT molecular complexity index is 598. The lowest BCUT2D eigenvalue weighted by molar-refractivity contribution is -0.142. The van der Waals surface area contributed by atoms with Crippen LogP contribution in [0.5, 0.6) is 0 Å². The zero-order valence-electron chi connectivity index (χ0n) is 14.1. The monoisotopic (exact) mass is 364 g/mol. The molecule has 1 saturated carbocycles. The van der Waals surface area contributed by atoms with Crippen molar-refractivity contribution in [2.75, 3.05) is 26.0 Å². The molecule has 0 heterocycles. The molecule has 1 unspecified atom stereocenters. The first-order valence-electron chi connectivity index (χ1n) is 7.56. The summed E-state index contributed by atoms with van der Waals surface area (Å²) in [4.78, 5) is 33.6. The van der Waals surface area contributed by atoms with E-state index in [0.29, 0.717) is 12.8 Å². The lowest BCUT2D eigenvalue weighted by atomic mass is 10.1. The molecule has 0 bridgehead atoms. The third-order valence-corrected chi connectivity index (χ3v) is 6.24. The van der Waals surface area contributed by atoms with Crippen LogP contribution in [0.15, 0.2) is 0 Å². The number of carbonyl (C=O) groups is 3. The smallest absolute Gasteiger partial charge is 0.321 e. The number of ether oxygens (including phenoxy) is 1. The van der Waals surface area contributed by atoms with Crippen molar-refractivity contribution in [1.82, 2.24) is 9.62 Å². The first kappa shape index (κ1) is 20.4. The van der Waals surface area contributed by atoms with Crippen LogP contribution in [0.4, 0.5) is 0 Å². The van der Waals surface area contributed by atoms with Crippen LogP contribution in [0.2, 0.25) is 0 Å². The zero-order chi connectivity index (χ0) is 18.5. The normalized spacial score (nSPS) is 17.2. The molecule has 1 fully saturated rings. The Morgan fingerprint density at radius 2 is 1.92 bits per heavy atom. The Kier molecular flexibility index (Phi) is 6.73. The average Bonchev–Trinajstić information content (AvgIpc) is 3.20. The Morgan fingerprint density at radius 3 is 2.33 bits per heavy atom. The van der Waals surface area contributed by atoms with Crippen LogP contribution in [-0.2, 0) is 29.1 Å². The van der Waals surface area contributed by atoms with Gasteiger partial charge in [-0.1, -0.05) is 0 Å². The van der Waals surface area contributed by atoms with Gasteiger partial charge in [-0.15, -0.1) is 0 Å². The van der Waals surface area contributed by atoms with E-state index in [0.717, 1.165) is 4.31 Å². The summed E-state index contributed by atoms with van der Waals surface area (Å²) in [6.45, 7) is 2.42. The van der Waals surface area contributed by atoms with E-state index in [1.165, 1.54) is 21.0 Å². The number of nitrogens with one attached hydrogen (secondary N) is 1. The van der Waals surface area contributed by atoms with Crippen molar-refractivity contribution < 1.29 is 32.6 Å². The molecule has 0 aliphatic heterocycles. The van der Waals surface area contributed by atoms with E-state index in [1.54, 1.807) is 0 Å². The largest absolute Gasteiger partial charge is 0.480 e. The van der Waals surface area contributed by atoms with Crippen LogP contribution in [0.1, 0.15) is 33.1 Å². The highest BCUT2D eigenvalue weighted by molar-refractivity contribution is 7.89. The number of methoxy groups -OCH3 is 1. The SMILES string of the molecule is COC(=O)CC1(CS(=O)(=O)N(CCNC(C)=O)C(C)C(=O)O)CC1. The molecule has 0 radical (unpaired) electrons. The lowest BCUT2D eigenvalue weighted by Crippen LogP contribution is -2.48. The Morgan fingerprint density at radius 1 is 1.33 bits per heavy atom. The number of carboxylic acid groups (broad SMARTS) is 1. The minimum atomic E-state index is -3.92. The standard InChI is InChI=1S/C14H24N2O7S/c1-10(13(19)20)16(7-6-15-11(2)17)24(21,22)9-14(4-5-14)8-12(18)23-3/h10H,4-9H2,1-3H3,(H,15,17)(H,19,20). The van der Waals surface area contributed by atoms with Crippen molar-refractivity contribution in [3.63, 3.8) is 0 Å². The molecule has 0 spiro atoms. The molecule has 0 saturated heterocycles. The summed E-state index contributed by atoms with van der Waals surface area (Å²) in [6, 6.07) is -1.27. The zero-order valence-corrected chi connectivity index (χ0v) is 14.9. The molecule has 24 heavy (non-hydrogen) atoms. The molecular formula is C14H24N2O7S. The average molecular weight is 364 g/mol. The van der Waals surface area contributed by atoms with Gasteiger partial charge in [0.1, 0.15) is 6.04 Å². The van der Waals surface area contributed by atoms with Gasteiger partial charge in [-0.25, -0.2) is 8.42 Å². The third-order valence-electron chi connectivity index (χ3n) is 4.05. The predicted molar refractivity (Wildman–Crippen MR) is 84.6 cm³/mol. The van der Waals surface area contributed by atoms with E-state index in [1.807, 2.05) is 0 Å². The quantitative estimate of drug-likeness (QED) is 0.503. The maximum Gasteiger partial charge on any atom is 0.321 e. The predicted octanol–water partition coefficient (Wildman–Crippen LogP) is -0.429. The van der Waals surface area contributed by atoms with Gasteiger partial charge >= 0.3 is 11.9 Å². The molecule has 1 rings (SSSR count). The number of hydrogen-bond donors (Lipinski definition) is 2. The van der Waals surface area contributed by atoms with Crippen LogP contribution < -0.4 is 5.32 Å². The third kappa shape index (κ3) is 5.75. The number of aliphatic carboxylic acids is 1. The number of esters is 1. The highest BCUT2D eigenvalue weighted by Crippen LogP contribution is 2.50. The fourth-order valence-corrected chi connectivity index (χ4v) is 4.71. The fourth-order valence-electron chi connectivity index (χ4n) is 2.44. The fraction of sp³-hybridized carbons (Fsp3) is 0.786. The number of sulfonamides is 1. The van der Waals surface area contributed by atoms with Gasteiger partial charge in [-0.3, -0.25) is 14.4 Å². The van der Waals surface area contributed by atoms with Gasteiger partial charge in [0.2, 0.25) is 15.9 Å². The number of nitrogens with zero attached hydrogens (tertiary/aromatic N) is 1. The van der Waals surface area contributed by atoms with E-state index in [2.05, 4.69) is 10.1 Å². The van der Waals surface area contributed by atoms with Crippen molar-refractivity contribution in [3.8, 4) is 0 Å². The van der Waals surface area contributed by atoms with Gasteiger partial charge in [0.05, 0.1) is 19.3 Å². The second kappa shape index (κ2) is 7.93. The lowest BCUT2D eigenvalue weighted by Gasteiger charge is -2.27. The molecule has 1 amide bonds. The van der Waals surface area contributed by atoms with E-state index in [4.69, 9.17) is 5.11 Å². The van der Waals surface area contributed by atoms with Crippen LogP contribution in [-0.4, -0.2) is 67.7 Å². The summed E-state index contributed by atoms with van der Waals surface area (Å²) in [5, 5.41) is 11.6. The van der Waals surface area contributed by atoms with E-state index >= 15 is 0 Å². The molecule has 2 N–H and O–H groups in total. The van der Waals surface area contributed by atoms with Gasteiger partial charge in [-0.05, 0) is 25.2 Å². The van der Waals surface area contributed by atoms with E-state index in [-0.39, 0.29) is 31.2 Å². The molecule has 0 aromatic heterocycles. The number of amides is 1. The van der Waals surface area contributed by atoms with Crippen molar-refractivity contribution in [1.29, 1.82) is 0 Å². The van der Waals surface area contributed by atoms with Gasteiger partial charge < -0.3 is 15.2 Å². The minimum Gasteiger partial charge on any atom is -0.480 e. The molecule has 1 aliphatic carbocycles. The summed E-state index contributed by atoms with van der Waals surface area (Å²) in [5.41, 5.74) is -0.684. The summed E-state index contributed by atoms with van der Waals surface area (Å²) < 4.78 is 30.8. The maximum atomic E-state index is 12.7. The van der Waals surface area contributed by atoms with Crippen molar-refractivity contribution >= 4 is 27.9 Å². The Hall–Kier alpha value is -1.68. The number of carboxylic acids is 1. The molecule has 1 aliphatic rings. The van der Waals surface area contributed by atoms with E-state index in [9.17, 15) is 22.8 Å². The molecule has 9 nitrogen and oxygen atoms in total. The number of rotatable bonds is 10. The highest BCUT2D eigenvalue weighted by Gasteiger charge is 2.49. The van der Waals surface area contributed by atoms with E-state index < -0.39 is 33.4 Å². The van der Waals surface area contributed by atoms with Gasteiger partial charge in [0.15, 0.2) is 0 Å². The first-order chi connectivity index (χ1) is 11.0. The van der Waals surface area contributed by atoms with Crippen molar-refractivity contribution in [2.45, 2.75) is 39.2 Å². The Balaban J connectivity index is 2.87. The second-order valence-electron chi connectivity index (χ2n) is 6.12. The van der Waals surface area contributed by atoms with Crippen LogP contribution in [0.3, 0.4) is 0 Å². The molecule has 0 aromatic rings. The van der Waals surface area contributed by atoms with Crippen LogP contribution >= 0.6 is 0 Å². The van der Waals surface area contributed by atoms with Gasteiger partial charge in [-0.2, -0.15) is 4.31 Å². The summed E-state index contributed by atoms with van der Waals surface area (Å²) in [7, 11) is -2.68. The van der Waals surface area contributed by atoms with Crippen molar-refractivity contribution in [3.05, 3.63) is 0 Å². The van der Waals surface area contributed by atoms with Gasteiger partial charge in [0, 0.05) is 20.0 Å². The van der Waals surface area contributed by atoms with Gasteiger partial charge in [0.25, 0.3) is 0 Å². The molecule has 138 valence electrons. The highest BCUT2D eigenvalue weighted by atomic mass is 32.2. The Labute approximate surface area is 141 Å².